The van der Waals surface area contributed by atoms with Gasteiger partial charge in [0, 0.05) is 26.1 Å². The van der Waals surface area contributed by atoms with Gasteiger partial charge in [-0.05, 0) is 32.7 Å². The molecule has 1 saturated heterocycles. The molecule has 0 aliphatic carbocycles. The van der Waals surface area contributed by atoms with E-state index in [4.69, 9.17) is 4.52 Å². The molecule has 0 saturated carbocycles. The molecule has 1 aromatic rings. The summed E-state index contributed by atoms with van der Waals surface area (Å²) < 4.78 is 31.4. The van der Waals surface area contributed by atoms with E-state index in [2.05, 4.69) is 15.0 Å². The standard InChI is InChI=1S/C15H28N4O3S/c1-4-5-11-23(20,21)19-9-6-7-14(8-10-19)18(3)12-15-16-13(2)22-17-15/h14H,4-12H2,1-3H3/t14-/m1/s1. The lowest BCUT2D eigenvalue weighted by Gasteiger charge is -2.26. The van der Waals surface area contributed by atoms with E-state index in [-0.39, 0.29) is 5.75 Å². The molecule has 0 unspecified atom stereocenters. The van der Waals surface area contributed by atoms with Crippen LogP contribution in [0.3, 0.4) is 0 Å². The predicted molar refractivity (Wildman–Crippen MR) is 88.4 cm³/mol. The van der Waals surface area contributed by atoms with E-state index in [1.165, 1.54) is 0 Å². The molecule has 1 aromatic heterocycles. The van der Waals surface area contributed by atoms with Crippen LogP contribution in [0.15, 0.2) is 4.52 Å². The minimum atomic E-state index is -3.10. The van der Waals surface area contributed by atoms with Crippen LogP contribution in [0.4, 0.5) is 0 Å². The lowest BCUT2D eigenvalue weighted by molar-refractivity contribution is 0.207. The molecule has 7 nitrogen and oxygen atoms in total. The second kappa shape index (κ2) is 8.21. The fourth-order valence-electron chi connectivity index (χ4n) is 2.98. The molecular formula is C15H28N4O3S. The van der Waals surface area contributed by atoms with Gasteiger partial charge in [-0.3, -0.25) is 4.90 Å². The van der Waals surface area contributed by atoms with E-state index in [9.17, 15) is 8.42 Å². The molecule has 0 N–H and O–H groups in total. The Labute approximate surface area is 139 Å². The molecule has 0 radical (unpaired) electrons. The summed E-state index contributed by atoms with van der Waals surface area (Å²) >= 11 is 0. The summed E-state index contributed by atoms with van der Waals surface area (Å²) in [6, 6.07) is 0.347. The minimum Gasteiger partial charge on any atom is -0.340 e. The SMILES string of the molecule is CCCCS(=O)(=O)N1CCC[C@@H](N(C)Cc2noc(C)n2)CC1. The first-order valence-corrected chi connectivity index (χ1v) is 10.0. The summed E-state index contributed by atoms with van der Waals surface area (Å²) in [5.41, 5.74) is 0. The van der Waals surface area contributed by atoms with Crippen molar-refractivity contribution < 1.29 is 12.9 Å². The highest BCUT2D eigenvalue weighted by Gasteiger charge is 2.27. The van der Waals surface area contributed by atoms with Crippen molar-refractivity contribution in [3.63, 3.8) is 0 Å². The molecule has 0 amide bonds. The average molecular weight is 344 g/mol. The zero-order chi connectivity index (χ0) is 16.9. The molecular weight excluding hydrogens is 316 g/mol. The molecule has 23 heavy (non-hydrogen) atoms. The second-order valence-corrected chi connectivity index (χ2v) is 8.39. The highest BCUT2D eigenvalue weighted by Crippen LogP contribution is 2.19. The Morgan fingerprint density at radius 2 is 2.13 bits per heavy atom. The van der Waals surface area contributed by atoms with Crippen LogP contribution >= 0.6 is 0 Å². The second-order valence-electron chi connectivity index (χ2n) is 6.30. The molecule has 1 aliphatic heterocycles. The van der Waals surface area contributed by atoms with Crippen molar-refractivity contribution in [1.29, 1.82) is 0 Å². The molecule has 0 aromatic carbocycles. The molecule has 1 atom stereocenters. The van der Waals surface area contributed by atoms with Crippen LogP contribution in [0, 0.1) is 6.92 Å². The van der Waals surface area contributed by atoms with Crippen LogP contribution < -0.4 is 0 Å². The fraction of sp³-hybridized carbons (Fsp3) is 0.867. The number of hydrogen-bond acceptors (Lipinski definition) is 6. The van der Waals surface area contributed by atoms with Crippen molar-refractivity contribution in [1.82, 2.24) is 19.3 Å². The quantitative estimate of drug-likeness (QED) is 0.750. The molecule has 0 bridgehead atoms. The summed E-state index contributed by atoms with van der Waals surface area (Å²) in [5, 5.41) is 3.93. The van der Waals surface area contributed by atoms with Gasteiger partial charge in [-0.15, -0.1) is 0 Å². The summed E-state index contributed by atoms with van der Waals surface area (Å²) in [4.78, 5) is 6.43. The number of aromatic nitrogens is 2. The first-order valence-electron chi connectivity index (χ1n) is 8.39. The molecule has 132 valence electrons. The highest BCUT2D eigenvalue weighted by atomic mass is 32.2. The number of sulfonamides is 1. The van der Waals surface area contributed by atoms with Gasteiger partial charge >= 0.3 is 0 Å². The van der Waals surface area contributed by atoms with Crippen LogP contribution in [-0.2, 0) is 16.6 Å². The van der Waals surface area contributed by atoms with Crippen molar-refractivity contribution in [2.24, 2.45) is 0 Å². The average Bonchev–Trinajstić information content (AvgIpc) is 2.77. The Hall–Kier alpha value is -0.990. The van der Waals surface area contributed by atoms with E-state index in [1.807, 2.05) is 14.0 Å². The van der Waals surface area contributed by atoms with E-state index in [0.29, 0.717) is 37.4 Å². The Morgan fingerprint density at radius 3 is 2.78 bits per heavy atom. The normalized spacial score (nSPS) is 20.8. The van der Waals surface area contributed by atoms with Crippen LogP contribution in [-0.4, -0.2) is 59.7 Å². The summed E-state index contributed by atoms with van der Waals surface area (Å²) in [6.45, 7) is 5.67. The van der Waals surface area contributed by atoms with Crippen molar-refractivity contribution >= 4 is 10.0 Å². The Kier molecular flexibility index (Phi) is 6.55. The van der Waals surface area contributed by atoms with Gasteiger partial charge in [-0.2, -0.15) is 4.98 Å². The first-order chi connectivity index (χ1) is 10.9. The summed E-state index contributed by atoms with van der Waals surface area (Å²) in [6.07, 6.45) is 4.37. The fourth-order valence-corrected chi connectivity index (χ4v) is 4.69. The maximum atomic E-state index is 12.3. The van der Waals surface area contributed by atoms with Crippen LogP contribution in [0.25, 0.3) is 0 Å². The van der Waals surface area contributed by atoms with E-state index in [0.717, 1.165) is 32.1 Å². The maximum Gasteiger partial charge on any atom is 0.223 e. The maximum absolute atomic E-state index is 12.3. The smallest absolute Gasteiger partial charge is 0.223 e. The molecule has 8 heteroatoms. The topological polar surface area (TPSA) is 79.5 Å². The highest BCUT2D eigenvalue weighted by molar-refractivity contribution is 7.89. The van der Waals surface area contributed by atoms with Gasteiger partial charge < -0.3 is 4.52 Å². The van der Waals surface area contributed by atoms with Crippen molar-refractivity contribution in [2.45, 2.75) is 58.5 Å². The van der Waals surface area contributed by atoms with E-state index in [1.54, 1.807) is 11.2 Å². The van der Waals surface area contributed by atoms with Gasteiger partial charge in [-0.1, -0.05) is 18.5 Å². The van der Waals surface area contributed by atoms with Gasteiger partial charge in [0.1, 0.15) is 0 Å². The largest absolute Gasteiger partial charge is 0.340 e. The minimum absolute atomic E-state index is 0.270. The summed E-state index contributed by atoms with van der Waals surface area (Å²) in [7, 11) is -1.06. The zero-order valence-corrected chi connectivity index (χ0v) is 15.2. The van der Waals surface area contributed by atoms with Gasteiger partial charge in [-0.25, -0.2) is 12.7 Å². The number of nitrogens with zero attached hydrogens (tertiary/aromatic N) is 4. The lowest BCUT2D eigenvalue weighted by atomic mass is 10.1. The van der Waals surface area contributed by atoms with Gasteiger partial charge in [0.2, 0.25) is 15.9 Å². The third kappa shape index (κ3) is 5.26. The van der Waals surface area contributed by atoms with Crippen LogP contribution in [0.2, 0.25) is 0 Å². The zero-order valence-electron chi connectivity index (χ0n) is 14.4. The van der Waals surface area contributed by atoms with Gasteiger partial charge in [0.15, 0.2) is 5.82 Å². The molecule has 1 fully saturated rings. The third-order valence-electron chi connectivity index (χ3n) is 4.39. The van der Waals surface area contributed by atoms with E-state index >= 15 is 0 Å². The summed E-state index contributed by atoms with van der Waals surface area (Å²) in [5.74, 6) is 1.52. The van der Waals surface area contributed by atoms with Gasteiger partial charge in [0.05, 0.1) is 12.3 Å². The predicted octanol–water partition coefficient (Wildman–Crippen LogP) is 1.79. The van der Waals surface area contributed by atoms with Gasteiger partial charge in [0.25, 0.3) is 0 Å². The number of unbranched alkanes of at least 4 members (excludes halogenated alkanes) is 1. The number of aryl methyl sites for hydroxylation is 1. The lowest BCUT2D eigenvalue weighted by Crippen LogP contribution is -2.36. The molecule has 2 rings (SSSR count). The number of rotatable bonds is 7. The Balaban J connectivity index is 1.90. The Bertz CT molecular complexity index is 587. The van der Waals surface area contributed by atoms with Crippen molar-refractivity contribution in [2.75, 3.05) is 25.9 Å². The number of hydrogen-bond donors (Lipinski definition) is 0. The molecule has 2 heterocycles. The van der Waals surface area contributed by atoms with Crippen LogP contribution in [0.1, 0.15) is 50.7 Å². The first kappa shape index (κ1) is 18.4. The molecule has 0 spiro atoms. The van der Waals surface area contributed by atoms with Crippen LogP contribution in [0.5, 0.6) is 0 Å². The van der Waals surface area contributed by atoms with Crippen molar-refractivity contribution in [3.8, 4) is 0 Å². The third-order valence-corrected chi connectivity index (χ3v) is 6.35. The van der Waals surface area contributed by atoms with E-state index < -0.39 is 10.0 Å². The molecule has 1 aliphatic rings. The van der Waals surface area contributed by atoms with Crippen molar-refractivity contribution in [3.05, 3.63) is 11.7 Å². The Morgan fingerprint density at radius 1 is 1.35 bits per heavy atom. The monoisotopic (exact) mass is 344 g/mol.